The van der Waals surface area contributed by atoms with Crippen LogP contribution >= 0.6 is 11.3 Å². The molecule has 1 aliphatic heterocycles. The Morgan fingerprint density at radius 3 is 3.22 bits per heavy atom. The van der Waals surface area contributed by atoms with E-state index < -0.39 is 0 Å². The summed E-state index contributed by atoms with van der Waals surface area (Å²) < 4.78 is 0. The lowest BCUT2D eigenvalue weighted by molar-refractivity contribution is -0.129. The number of rotatable bonds is 3. The Labute approximate surface area is 110 Å². The van der Waals surface area contributed by atoms with Crippen LogP contribution in [0.25, 0.3) is 0 Å². The van der Waals surface area contributed by atoms with Gasteiger partial charge in [-0.25, -0.2) is 0 Å². The van der Waals surface area contributed by atoms with Gasteiger partial charge in [-0.05, 0) is 34.9 Å². The van der Waals surface area contributed by atoms with Gasteiger partial charge in [-0.15, -0.1) is 0 Å². The summed E-state index contributed by atoms with van der Waals surface area (Å²) in [5.41, 5.74) is 2.26. The molecule has 2 aromatic heterocycles. The molecule has 5 heteroatoms. The number of likely N-dealkylation sites (tertiary alicyclic amines) is 1. The molecule has 3 rings (SSSR count). The first kappa shape index (κ1) is 11.5. The SMILES string of the molecule is O=C(Cc1ccsc1)N1CC[C@@H](c2ccn[nH]2)C1. The third-order valence-electron chi connectivity index (χ3n) is 3.44. The summed E-state index contributed by atoms with van der Waals surface area (Å²) in [6, 6.07) is 4.02. The predicted molar refractivity (Wildman–Crippen MR) is 70.5 cm³/mol. The second-order valence-corrected chi connectivity index (χ2v) is 5.43. The monoisotopic (exact) mass is 261 g/mol. The smallest absolute Gasteiger partial charge is 0.227 e. The van der Waals surface area contributed by atoms with E-state index >= 15 is 0 Å². The minimum atomic E-state index is 0.232. The van der Waals surface area contributed by atoms with Crippen molar-refractivity contribution in [2.75, 3.05) is 13.1 Å². The maximum atomic E-state index is 12.1. The van der Waals surface area contributed by atoms with Crippen LogP contribution in [-0.2, 0) is 11.2 Å². The van der Waals surface area contributed by atoms with Crippen LogP contribution in [0.5, 0.6) is 0 Å². The first-order valence-electron chi connectivity index (χ1n) is 6.11. The average molecular weight is 261 g/mol. The van der Waals surface area contributed by atoms with E-state index in [0.717, 1.165) is 30.8 Å². The fourth-order valence-corrected chi connectivity index (χ4v) is 3.08. The number of hydrogen-bond donors (Lipinski definition) is 1. The molecular formula is C13H15N3OS. The van der Waals surface area contributed by atoms with Gasteiger partial charge >= 0.3 is 0 Å². The summed E-state index contributed by atoms with van der Waals surface area (Å²) >= 11 is 1.64. The largest absolute Gasteiger partial charge is 0.342 e. The molecule has 0 saturated carbocycles. The molecule has 94 valence electrons. The van der Waals surface area contributed by atoms with E-state index in [4.69, 9.17) is 0 Å². The Hall–Kier alpha value is -1.62. The Balaban J connectivity index is 1.60. The molecule has 1 fully saturated rings. The van der Waals surface area contributed by atoms with Gasteiger partial charge in [0.05, 0.1) is 6.42 Å². The number of thiophene rings is 1. The second kappa shape index (κ2) is 4.94. The van der Waals surface area contributed by atoms with E-state index in [2.05, 4.69) is 10.2 Å². The lowest BCUT2D eigenvalue weighted by atomic mass is 10.1. The molecule has 4 nitrogen and oxygen atoms in total. The highest BCUT2D eigenvalue weighted by molar-refractivity contribution is 7.07. The van der Waals surface area contributed by atoms with Crippen molar-refractivity contribution in [3.8, 4) is 0 Å². The first-order valence-corrected chi connectivity index (χ1v) is 7.05. The van der Waals surface area contributed by atoms with E-state index in [-0.39, 0.29) is 5.91 Å². The number of aromatic amines is 1. The summed E-state index contributed by atoms with van der Waals surface area (Å²) in [4.78, 5) is 14.1. The maximum Gasteiger partial charge on any atom is 0.227 e. The highest BCUT2D eigenvalue weighted by atomic mass is 32.1. The minimum absolute atomic E-state index is 0.232. The van der Waals surface area contributed by atoms with Crippen molar-refractivity contribution >= 4 is 17.2 Å². The number of aromatic nitrogens is 2. The molecule has 0 unspecified atom stereocenters. The number of hydrogen-bond acceptors (Lipinski definition) is 3. The molecule has 0 aliphatic carbocycles. The van der Waals surface area contributed by atoms with Gasteiger partial charge in [0.1, 0.15) is 0 Å². The molecule has 1 saturated heterocycles. The Morgan fingerprint density at radius 1 is 1.56 bits per heavy atom. The zero-order valence-corrected chi connectivity index (χ0v) is 10.8. The third kappa shape index (κ3) is 2.31. The van der Waals surface area contributed by atoms with Gasteiger partial charge in [-0.2, -0.15) is 16.4 Å². The van der Waals surface area contributed by atoms with Crippen molar-refractivity contribution in [2.24, 2.45) is 0 Å². The van der Waals surface area contributed by atoms with Crippen molar-refractivity contribution in [2.45, 2.75) is 18.8 Å². The number of amides is 1. The molecule has 1 atom stereocenters. The molecule has 3 heterocycles. The first-order chi connectivity index (χ1) is 8.83. The summed E-state index contributed by atoms with van der Waals surface area (Å²) in [7, 11) is 0. The number of H-pyrrole nitrogens is 1. The molecule has 0 bridgehead atoms. The summed E-state index contributed by atoms with van der Waals surface area (Å²) in [6.07, 6.45) is 3.32. The van der Waals surface area contributed by atoms with Crippen molar-refractivity contribution < 1.29 is 4.79 Å². The van der Waals surface area contributed by atoms with E-state index in [1.165, 1.54) is 0 Å². The zero-order valence-electron chi connectivity index (χ0n) is 10.0. The Morgan fingerprint density at radius 2 is 2.50 bits per heavy atom. The van der Waals surface area contributed by atoms with E-state index in [1.807, 2.05) is 27.8 Å². The molecule has 0 radical (unpaired) electrons. The lowest BCUT2D eigenvalue weighted by Gasteiger charge is -2.15. The number of nitrogens with zero attached hydrogens (tertiary/aromatic N) is 2. The van der Waals surface area contributed by atoms with Crippen LogP contribution in [0.2, 0.25) is 0 Å². The van der Waals surface area contributed by atoms with E-state index in [9.17, 15) is 4.79 Å². The highest BCUT2D eigenvalue weighted by Crippen LogP contribution is 2.25. The highest BCUT2D eigenvalue weighted by Gasteiger charge is 2.27. The van der Waals surface area contributed by atoms with E-state index in [0.29, 0.717) is 12.3 Å². The third-order valence-corrected chi connectivity index (χ3v) is 4.17. The maximum absolute atomic E-state index is 12.1. The van der Waals surface area contributed by atoms with Crippen molar-refractivity contribution in [1.82, 2.24) is 15.1 Å². The molecule has 1 amide bonds. The van der Waals surface area contributed by atoms with Gasteiger partial charge in [-0.1, -0.05) is 0 Å². The summed E-state index contributed by atoms with van der Waals surface area (Å²) in [5.74, 6) is 0.648. The van der Waals surface area contributed by atoms with Crippen molar-refractivity contribution in [3.63, 3.8) is 0 Å². The van der Waals surface area contributed by atoms with Crippen molar-refractivity contribution in [1.29, 1.82) is 0 Å². The van der Waals surface area contributed by atoms with Crippen molar-refractivity contribution in [3.05, 3.63) is 40.3 Å². The van der Waals surface area contributed by atoms with Crippen LogP contribution < -0.4 is 0 Å². The van der Waals surface area contributed by atoms with Crippen LogP contribution in [0.1, 0.15) is 23.6 Å². The number of nitrogens with one attached hydrogen (secondary N) is 1. The molecule has 1 N–H and O–H groups in total. The summed E-state index contributed by atoms with van der Waals surface area (Å²) in [6.45, 7) is 1.66. The fourth-order valence-electron chi connectivity index (χ4n) is 2.41. The molecular weight excluding hydrogens is 246 g/mol. The van der Waals surface area contributed by atoms with Gasteiger partial charge in [0.2, 0.25) is 5.91 Å². The van der Waals surface area contributed by atoms with Gasteiger partial charge < -0.3 is 4.90 Å². The molecule has 2 aromatic rings. The van der Waals surface area contributed by atoms with Crippen LogP contribution in [0.4, 0.5) is 0 Å². The number of carbonyl (C=O) groups is 1. The van der Waals surface area contributed by atoms with Gasteiger partial charge in [0.25, 0.3) is 0 Å². The Bertz CT molecular complexity index is 506. The van der Waals surface area contributed by atoms with Crippen LogP contribution in [0.3, 0.4) is 0 Å². The fraction of sp³-hybridized carbons (Fsp3) is 0.385. The van der Waals surface area contributed by atoms with Gasteiger partial charge in [-0.3, -0.25) is 9.89 Å². The van der Waals surface area contributed by atoms with Crippen LogP contribution in [0.15, 0.2) is 29.1 Å². The van der Waals surface area contributed by atoms with Crippen LogP contribution in [-0.4, -0.2) is 34.1 Å². The van der Waals surface area contributed by atoms with E-state index in [1.54, 1.807) is 17.5 Å². The zero-order chi connectivity index (χ0) is 12.4. The molecule has 18 heavy (non-hydrogen) atoms. The normalized spacial score (nSPS) is 19.3. The topological polar surface area (TPSA) is 49.0 Å². The standard InChI is InChI=1S/C13H15N3OS/c17-13(7-10-3-6-18-9-10)16-5-2-11(8-16)12-1-4-14-15-12/h1,3-4,6,9,11H,2,5,7-8H2,(H,14,15)/t11-/m1/s1. The average Bonchev–Trinajstić information content (AvgIpc) is 3.11. The van der Waals surface area contributed by atoms with Crippen LogP contribution in [0, 0.1) is 0 Å². The number of carbonyl (C=O) groups excluding carboxylic acids is 1. The second-order valence-electron chi connectivity index (χ2n) is 4.65. The summed E-state index contributed by atoms with van der Waals surface area (Å²) in [5, 5.41) is 11.0. The van der Waals surface area contributed by atoms with Gasteiger partial charge in [0.15, 0.2) is 0 Å². The lowest BCUT2D eigenvalue weighted by Crippen LogP contribution is -2.29. The molecule has 1 aliphatic rings. The molecule has 0 aromatic carbocycles. The predicted octanol–water partition coefficient (Wildman–Crippen LogP) is 2.03. The minimum Gasteiger partial charge on any atom is -0.342 e. The Kier molecular flexibility index (Phi) is 3.15. The molecule has 0 spiro atoms. The quantitative estimate of drug-likeness (QED) is 0.919. The van der Waals surface area contributed by atoms with Gasteiger partial charge in [0, 0.05) is 30.9 Å².